The summed E-state index contributed by atoms with van der Waals surface area (Å²) in [7, 11) is -2.72. The quantitative estimate of drug-likeness (QED) is 0.462. The Morgan fingerprint density at radius 1 is 1.19 bits per heavy atom. The summed E-state index contributed by atoms with van der Waals surface area (Å²) < 4.78 is 112. The van der Waals surface area contributed by atoms with Gasteiger partial charge in [-0.1, -0.05) is 12.1 Å². The lowest BCUT2D eigenvalue weighted by atomic mass is 9.92. The highest BCUT2D eigenvalue weighted by Crippen LogP contribution is 2.36. The summed E-state index contributed by atoms with van der Waals surface area (Å²) in [5.41, 5.74) is 0. The second-order valence-corrected chi connectivity index (χ2v) is 8.54. The van der Waals surface area contributed by atoms with Crippen molar-refractivity contribution in [3.63, 3.8) is 0 Å². The Morgan fingerprint density at radius 2 is 1.81 bits per heavy atom. The van der Waals surface area contributed by atoms with Crippen LogP contribution in [-0.2, 0) is 19.6 Å². The highest BCUT2D eigenvalue weighted by atomic mass is 32.2. The number of carbonyl (C=O) groups excluding carboxylic acids is 1. The fraction of sp³-hybridized carbons (Fsp3) is 0.588. The molecule has 0 spiro atoms. The van der Waals surface area contributed by atoms with Crippen LogP contribution in [0.25, 0.3) is 0 Å². The van der Waals surface area contributed by atoms with Crippen molar-refractivity contribution in [3.05, 3.63) is 24.3 Å². The zero-order valence-corrected chi connectivity index (χ0v) is 16.9. The molecule has 0 amide bonds. The summed E-state index contributed by atoms with van der Waals surface area (Å²) in [6, 6.07) is 4.34. The average Bonchev–Trinajstić information content (AvgIpc) is 2.68. The van der Waals surface area contributed by atoms with Crippen molar-refractivity contribution in [2.45, 2.75) is 42.2 Å². The molecule has 0 saturated carbocycles. The van der Waals surface area contributed by atoms with Gasteiger partial charge in [-0.05, 0) is 37.4 Å². The van der Waals surface area contributed by atoms with Crippen LogP contribution in [0.3, 0.4) is 0 Å². The minimum absolute atomic E-state index is 0.0729. The van der Waals surface area contributed by atoms with Crippen molar-refractivity contribution in [2.75, 3.05) is 20.2 Å². The molecular weight excluding hydrogens is 458 g/mol. The monoisotopic (exact) mass is 478 g/mol. The van der Waals surface area contributed by atoms with Crippen LogP contribution in [0.1, 0.15) is 12.8 Å². The maximum absolute atomic E-state index is 12.6. The molecule has 0 bridgehead atoms. The molecule has 2 N–H and O–H groups in total. The molecule has 1 aromatic carbocycles. The number of alkyl halides is 6. The molecule has 1 aromatic rings. The Labute approximate surface area is 174 Å². The van der Waals surface area contributed by atoms with E-state index in [0.29, 0.717) is 6.42 Å². The lowest BCUT2D eigenvalue weighted by Crippen LogP contribution is -2.51. The van der Waals surface area contributed by atoms with Gasteiger partial charge in [-0.2, -0.15) is 26.3 Å². The predicted octanol–water partition coefficient (Wildman–Crippen LogP) is 2.38. The van der Waals surface area contributed by atoms with E-state index in [9.17, 15) is 39.6 Å². The Hall–Kier alpha value is -2.06. The first kappa shape index (κ1) is 25.2. The van der Waals surface area contributed by atoms with Crippen LogP contribution in [0.15, 0.2) is 29.2 Å². The van der Waals surface area contributed by atoms with Crippen molar-refractivity contribution in [3.8, 4) is 5.75 Å². The zero-order chi connectivity index (χ0) is 23.4. The summed E-state index contributed by atoms with van der Waals surface area (Å²) in [5, 5.41) is 2.50. The third-order valence-corrected chi connectivity index (χ3v) is 6.01. The number of hydrogen-bond donors (Lipinski definition) is 2. The fourth-order valence-corrected chi connectivity index (χ4v) is 4.31. The van der Waals surface area contributed by atoms with Gasteiger partial charge in [0.2, 0.25) is 10.0 Å². The van der Waals surface area contributed by atoms with Crippen LogP contribution < -0.4 is 14.8 Å². The molecule has 2 atom stereocenters. The summed E-state index contributed by atoms with van der Waals surface area (Å²) in [6.45, 7) is -0.114. The van der Waals surface area contributed by atoms with Crippen LogP contribution >= 0.6 is 0 Å². The SMILES string of the molecule is COc1ccccc1S(=O)(=O)NCC1CCNC(C(=O)OC(C(F)(F)F)C(F)(F)F)C1. The third-order valence-electron chi connectivity index (χ3n) is 4.55. The topological polar surface area (TPSA) is 93.7 Å². The molecule has 7 nitrogen and oxygen atoms in total. The van der Waals surface area contributed by atoms with E-state index in [1.807, 2.05) is 0 Å². The number of para-hydroxylation sites is 1. The number of sulfonamides is 1. The van der Waals surface area contributed by atoms with E-state index in [0.717, 1.165) is 0 Å². The summed E-state index contributed by atoms with van der Waals surface area (Å²) in [6.07, 6.45) is -15.7. The van der Waals surface area contributed by atoms with Crippen LogP contribution in [0.5, 0.6) is 5.75 Å². The number of nitrogens with one attached hydrogen (secondary N) is 2. The van der Waals surface area contributed by atoms with Gasteiger partial charge in [0.15, 0.2) is 0 Å². The second-order valence-electron chi connectivity index (χ2n) is 6.80. The van der Waals surface area contributed by atoms with E-state index in [1.54, 1.807) is 6.07 Å². The molecule has 2 unspecified atom stereocenters. The van der Waals surface area contributed by atoms with E-state index in [4.69, 9.17) is 4.74 Å². The van der Waals surface area contributed by atoms with Crippen molar-refractivity contribution in [1.82, 2.24) is 10.0 Å². The first-order valence-electron chi connectivity index (χ1n) is 8.95. The van der Waals surface area contributed by atoms with Gasteiger partial charge in [0.1, 0.15) is 16.7 Å². The number of rotatable bonds is 7. The van der Waals surface area contributed by atoms with Crippen molar-refractivity contribution >= 4 is 16.0 Å². The maximum atomic E-state index is 12.6. The van der Waals surface area contributed by atoms with Crippen LogP contribution in [0.4, 0.5) is 26.3 Å². The number of carbonyl (C=O) groups is 1. The first-order valence-corrected chi connectivity index (χ1v) is 10.4. The van der Waals surface area contributed by atoms with Crippen molar-refractivity contribution in [1.29, 1.82) is 0 Å². The summed E-state index contributed by atoms with van der Waals surface area (Å²) in [5.74, 6) is -2.15. The molecule has 0 aliphatic carbocycles. The Kier molecular flexibility index (Phi) is 7.81. The minimum atomic E-state index is -5.81. The van der Waals surface area contributed by atoms with Gasteiger partial charge >= 0.3 is 18.3 Å². The molecular formula is C17H20F6N2O5S. The summed E-state index contributed by atoms with van der Waals surface area (Å²) >= 11 is 0. The fourth-order valence-electron chi connectivity index (χ4n) is 3.02. The van der Waals surface area contributed by atoms with E-state index < -0.39 is 46.4 Å². The average molecular weight is 478 g/mol. The molecule has 1 saturated heterocycles. The van der Waals surface area contributed by atoms with Crippen molar-refractivity contribution < 1.29 is 49.0 Å². The highest BCUT2D eigenvalue weighted by Gasteiger charge is 2.60. The lowest BCUT2D eigenvalue weighted by Gasteiger charge is -2.31. The lowest BCUT2D eigenvalue weighted by molar-refractivity contribution is -0.314. The third kappa shape index (κ3) is 6.71. The number of methoxy groups -OCH3 is 1. The van der Waals surface area contributed by atoms with E-state index in [2.05, 4.69) is 14.8 Å². The van der Waals surface area contributed by atoms with Gasteiger partial charge in [0, 0.05) is 6.54 Å². The molecule has 31 heavy (non-hydrogen) atoms. The van der Waals surface area contributed by atoms with Gasteiger partial charge < -0.3 is 14.8 Å². The Balaban J connectivity index is 2.01. The highest BCUT2D eigenvalue weighted by molar-refractivity contribution is 7.89. The predicted molar refractivity (Wildman–Crippen MR) is 94.7 cm³/mol. The number of piperidine rings is 1. The summed E-state index contributed by atoms with van der Waals surface area (Å²) in [4.78, 5) is 11.8. The van der Waals surface area contributed by atoms with Gasteiger partial charge in [-0.15, -0.1) is 0 Å². The Bertz CT molecular complexity index is 860. The number of ether oxygens (including phenoxy) is 2. The number of hydrogen-bond acceptors (Lipinski definition) is 6. The largest absolute Gasteiger partial charge is 0.495 e. The molecule has 1 fully saturated rings. The smallest absolute Gasteiger partial charge is 0.434 e. The van der Waals surface area contributed by atoms with E-state index in [-0.39, 0.29) is 30.2 Å². The van der Waals surface area contributed by atoms with Crippen LogP contribution in [-0.4, -0.2) is 59.1 Å². The Morgan fingerprint density at radius 3 is 2.39 bits per heavy atom. The maximum Gasteiger partial charge on any atom is 0.434 e. The standard InChI is InChI=1S/C17H20F6N2O5S/c1-29-12-4-2-3-5-13(12)31(27,28)25-9-10-6-7-24-11(8-10)14(26)30-15(16(18,19)20)17(21,22)23/h2-5,10-11,15,24-25H,6-9H2,1H3. The second kappa shape index (κ2) is 9.61. The van der Waals surface area contributed by atoms with Crippen molar-refractivity contribution in [2.24, 2.45) is 5.92 Å². The molecule has 0 radical (unpaired) electrons. The van der Waals surface area contributed by atoms with Gasteiger partial charge in [0.05, 0.1) is 7.11 Å². The number of benzene rings is 1. The molecule has 14 heteroatoms. The molecule has 1 aliphatic heterocycles. The van der Waals surface area contributed by atoms with Crippen LogP contribution in [0, 0.1) is 5.92 Å². The molecule has 1 aliphatic rings. The first-order chi connectivity index (χ1) is 14.3. The number of halogens is 6. The van der Waals surface area contributed by atoms with Gasteiger partial charge in [0.25, 0.3) is 6.10 Å². The molecule has 176 valence electrons. The molecule has 0 aromatic heterocycles. The number of esters is 1. The normalized spacial score (nSPS) is 20.5. The molecule has 1 heterocycles. The molecule has 2 rings (SSSR count). The van der Waals surface area contributed by atoms with E-state index >= 15 is 0 Å². The minimum Gasteiger partial charge on any atom is -0.495 e. The zero-order valence-electron chi connectivity index (χ0n) is 16.1. The van der Waals surface area contributed by atoms with E-state index in [1.165, 1.54) is 25.3 Å². The van der Waals surface area contributed by atoms with Crippen LogP contribution in [0.2, 0.25) is 0 Å². The van der Waals surface area contributed by atoms with Gasteiger partial charge in [-0.25, -0.2) is 13.1 Å². The van der Waals surface area contributed by atoms with Gasteiger partial charge in [-0.3, -0.25) is 4.79 Å².